The first kappa shape index (κ1) is 29.1. The first-order valence-electron chi connectivity index (χ1n) is 15.8. The second-order valence-corrected chi connectivity index (χ2v) is 13.4. The number of nitrogens with one attached hydrogen (secondary N) is 2. The van der Waals surface area contributed by atoms with Crippen LogP contribution in [0.4, 0.5) is 5.69 Å². The monoisotopic (exact) mass is 581 g/mol. The summed E-state index contributed by atoms with van der Waals surface area (Å²) in [5.41, 5.74) is 3.38. The molecule has 8 nitrogen and oxygen atoms in total. The number of para-hydroxylation sites is 1. The minimum atomic E-state index is -0.354. The Morgan fingerprint density at radius 2 is 1.72 bits per heavy atom. The van der Waals surface area contributed by atoms with Gasteiger partial charge in [0, 0.05) is 54.3 Å². The highest BCUT2D eigenvalue weighted by molar-refractivity contribution is 5.95. The molecular formula is C35H43N5O3. The average molecular weight is 582 g/mol. The fraction of sp³-hybridized carbons (Fsp3) is 0.486. The summed E-state index contributed by atoms with van der Waals surface area (Å²) in [6.45, 7) is 7.15. The van der Waals surface area contributed by atoms with E-state index in [1.54, 1.807) is 0 Å². The summed E-state index contributed by atoms with van der Waals surface area (Å²) in [5, 5.41) is 6.95. The van der Waals surface area contributed by atoms with E-state index in [1.165, 1.54) is 0 Å². The van der Waals surface area contributed by atoms with Gasteiger partial charge in [-0.1, -0.05) is 70.0 Å². The molecule has 2 N–H and O–H groups in total. The molecule has 1 saturated carbocycles. The Labute approximate surface area is 254 Å². The number of benzene rings is 2. The maximum absolute atomic E-state index is 14.4. The van der Waals surface area contributed by atoms with Crippen molar-refractivity contribution in [3.8, 4) is 0 Å². The van der Waals surface area contributed by atoms with Crippen LogP contribution < -0.4 is 10.6 Å². The topological polar surface area (TPSA) is 96.3 Å². The summed E-state index contributed by atoms with van der Waals surface area (Å²) in [6, 6.07) is 17.3. The van der Waals surface area contributed by atoms with Crippen LogP contribution in [0.1, 0.15) is 93.0 Å². The number of carbonyl (C=O) groups is 3. The summed E-state index contributed by atoms with van der Waals surface area (Å²) >= 11 is 0. The van der Waals surface area contributed by atoms with Gasteiger partial charge in [-0.25, -0.2) is 4.98 Å². The normalized spacial score (nSPS) is 24.9. The minimum Gasteiger partial charge on any atom is -0.376 e. The van der Waals surface area contributed by atoms with Gasteiger partial charge in [-0.15, -0.1) is 0 Å². The molecule has 6 rings (SSSR count). The molecule has 43 heavy (non-hydrogen) atoms. The van der Waals surface area contributed by atoms with Gasteiger partial charge in [0.15, 0.2) is 0 Å². The van der Waals surface area contributed by atoms with Crippen LogP contribution >= 0.6 is 0 Å². The van der Waals surface area contributed by atoms with Gasteiger partial charge in [0.05, 0.1) is 30.0 Å². The Kier molecular flexibility index (Phi) is 8.12. The summed E-state index contributed by atoms with van der Waals surface area (Å²) in [5.74, 6) is 0.196. The van der Waals surface area contributed by atoms with E-state index in [9.17, 15) is 14.4 Å². The Hall–Kier alpha value is -3.94. The van der Waals surface area contributed by atoms with Crippen LogP contribution in [0.25, 0.3) is 0 Å². The van der Waals surface area contributed by atoms with Crippen LogP contribution in [0, 0.1) is 17.3 Å². The number of aromatic nitrogens is 2. The second kappa shape index (κ2) is 12.0. The maximum atomic E-state index is 14.4. The zero-order valence-corrected chi connectivity index (χ0v) is 25.5. The van der Waals surface area contributed by atoms with Crippen LogP contribution in [0.3, 0.4) is 0 Å². The molecule has 3 aromatic rings. The molecule has 5 atom stereocenters. The molecule has 1 unspecified atom stereocenters. The Bertz CT molecular complexity index is 1480. The van der Waals surface area contributed by atoms with E-state index < -0.39 is 0 Å². The van der Waals surface area contributed by atoms with Crippen molar-refractivity contribution in [3.05, 3.63) is 83.9 Å². The molecule has 3 heterocycles. The molecule has 2 aromatic carbocycles. The highest BCUT2D eigenvalue weighted by atomic mass is 16.2. The van der Waals surface area contributed by atoms with Gasteiger partial charge in [-0.3, -0.25) is 14.4 Å². The molecule has 226 valence electrons. The van der Waals surface area contributed by atoms with Crippen molar-refractivity contribution in [3.63, 3.8) is 0 Å². The summed E-state index contributed by atoms with van der Waals surface area (Å²) in [6.07, 6.45) is 8.81. The molecule has 0 radical (unpaired) electrons. The fourth-order valence-electron chi connectivity index (χ4n) is 7.18. The third kappa shape index (κ3) is 5.97. The van der Waals surface area contributed by atoms with Crippen molar-refractivity contribution in [2.45, 2.75) is 84.0 Å². The molecular weight excluding hydrogens is 538 g/mol. The molecule has 2 amide bonds. The van der Waals surface area contributed by atoms with E-state index in [-0.39, 0.29) is 53.0 Å². The van der Waals surface area contributed by atoms with Gasteiger partial charge in [0.1, 0.15) is 5.78 Å². The van der Waals surface area contributed by atoms with Crippen molar-refractivity contribution < 1.29 is 14.4 Å². The third-order valence-corrected chi connectivity index (χ3v) is 9.59. The van der Waals surface area contributed by atoms with Crippen molar-refractivity contribution in [1.82, 2.24) is 19.8 Å². The molecule has 1 saturated heterocycles. The number of rotatable bonds is 7. The lowest BCUT2D eigenvalue weighted by atomic mass is 9.80. The number of imidazole rings is 1. The standard InChI is InChI=1S/C35H43N5O3/c1-35(2,3)30(41)18-19-39-21-29(36-22-39)31-26-17-20-40(32(26)24-13-7-9-15-27(24)37-31)34(43)25-14-8-10-16-28(25)38-33(42)23-11-5-4-6-12-23/h4-7,9,11-13,15,21-22,25-26,28,31-32,37H,8,10,14,16-20H2,1-3H3,(H,38,42)/t25?,26-,28-,31-,32+/m1/s1. The van der Waals surface area contributed by atoms with Crippen LogP contribution in [-0.2, 0) is 16.1 Å². The van der Waals surface area contributed by atoms with Crippen molar-refractivity contribution in [2.24, 2.45) is 17.3 Å². The predicted octanol–water partition coefficient (Wildman–Crippen LogP) is 5.93. The van der Waals surface area contributed by atoms with E-state index >= 15 is 0 Å². The van der Waals surface area contributed by atoms with Crippen LogP contribution in [0.5, 0.6) is 0 Å². The predicted molar refractivity (Wildman–Crippen MR) is 166 cm³/mol. The number of fused-ring (bicyclic) bond motifs is 3. The molecule has 0 spiro atoms. The maximum Gasteiger partial charge on any atom is 0.251 e. The summed E-state index contributed by atoms with van der Waals surface area (Å²) in [4.78, 5) is 46.8. The molecule has 1 aromatic heterocycles. The highest BCUT2D eigenvalue weighted by Gasteiger charge is 2.49. The number of hydrogen-bond donors (Lipinski definition) is 2. The van der Waals surface area contributed by atoms with E-state index in [2.05, 4.69) is 33.9 Å². The van der Waals surface area contributed by atoms with Crippen molar-refractivity contribution >= 4 is 23.3 Å². The average Bonchev–Trinajstić information content (AvgIpc) is 3.67. The van der Waals surface area contributed by atoms with Gasteiger partial charge < -0.3 is 20.1 Å². The number of ketones is 1. The minimum absolute atomic E-state index is 0.0443. The zero-order chi connectivity index (χ0) is 30.1. The van der Waals surface area contributed by atoms with Crippen LogP contribution in [0.15, 0.2) is 67.1 Å². The Morgan fingerprint density at radius 1 is 0.977 bits per heavy atom. The summed E-state index contributed by atoms with van der Waals surface area (Å²) < 4.78 is 2.01. The number of anilines is 1. The lowest BCUT2D eigenvalue weighted by Gasteiger charge is -2.41. The fourth-order valence-corrected chi connectivity index (χ4v) is 7.18. The van der Waals surface area contributed by atoms with Gasteiger partial charge >= 0.3 is 0 Å². The zero-order valence-electron chi connectivity index (χ0n) is 25.5. The van der Waals surface area contributed by atoms with Gasteiger partial charge in [0.25, 0.3) is 5.91 Å². The van der Waals surface area contributed by atoms with Crippen LogP contribution in [0.2, 0.25) is 0 Å². The van der Waals surface area contributed by atoms with E-state index in [1.807, 2.05) is 74.1 Å². The van der Waals surface area contributed by atoms with Gasteiger partial charge in [0.2, 0.25) is 5.91 Å². The number of nitrogens with zero attached hydrogens (tertiary/aromatic N) is 3. The first-order valence-corrected chi connectivity index (χ1v) is 15.8. The second-order valence-electron chi connectivity index (χ2n) is 13.4. The molecule has 2 fully saturated rings. The van der Waals surface area contributed by atoms with E-state index in [0.717, 1.165) is 49.0 Å². The Morgan fingerprint density at radius 3 is 2.51 bits per heavy atom. The van der Waals surface area contributed by atoms with Crippen molar-refractivity contribution in [1.29, 1.82) is 0 Å². The molecule has 3 aliphatic rings. The van der Waals surface area contributed by atoms with Crippen molar-refractivity contribution in [2.75, 3.05) is 11.9 Å². The highest BCUT2D eigenvalue weighted by Crippen LogP contribution is 2.51. The lowest BCUT2D eigenvalue weighted by Crippen LogP contribution is -2.50. The number of carbonyl (C=O) groups excluding carboxylic acids is 3. The number of aryl methyl sites for hydroxylation is 1. The largest absolute Gasteiger partial charge is 0.376 e. The smallest absolute Gasteiger partial charge is 0.251 e. The first-order chi connectivity index (χ1) is 20.7. The van der Waals surface area contributed by atoms with Crippen LogP contribution in [-0.4, -0.2) is 44.6 Å². The number of Topliss-reactive ketones (excluding diaryl/α,β-unsaturated/α-hetero) is 1. The molecule has 8 heteroatoms. The van der Waals surface area contributed by atoms with Gasteiger partial charge in [-0.05, 0) is 43.0 Å². The third-order valence-electron chi connectivity index (χ3n) is 9.59. The number of likely N-dealkylation sites (tertiary alicyclic amines) is 1. The molecule has 2 aliphatic heterocycles. The van der Waals surface area contributed by atoms with E-state index in [4.69, 9.17) is 4.98 Å². The number of amides is 2. The summed E-state index contributed by atoms with van der Waals surface area (Å²) in [7, 11) is 0. The lowest BCUT2D eigenvalue weighted by molar-refractivity contribution is -0.139. The number of hydrogen-bond acceptors (Lipinski definition) is 5. The molecule has 0 bridgehead atoms. The SMILES string of the molecule is CC(C)(C)C(=O)CCn1cnc([C@@H]2Nc3ccccc3[C@H]3[C@@H]2CCN3C(=O)C2CCCC[C@H]2NC(=O)c2ccccc2)c1. The Balaban J connectivity index is 1.22. The molecule has 1 aliphatic carbocycles. The van der Waals surface area contributed by atoms with E-state index in [0.29, 0.717) is 25.1 Å². The van der Waals surface area contributed by atoms with Gasteiger partial charge in [-0.2, -0.15) is 0 Å². The quantitative estimate of drug-likeness (QED) is 0.360.